The molecule has 0 aliphatic heterocycles. The van der Waals surface area contributed by atoms with Crippen molar-refractivity contribution in [3.05, 3.63) is 42.0 Å². The molecule has 0 unspecified atom stereocenters. The molecule has 2 aromatic carbocycles. The molecule has 16 heavy (non-hydrogen) atoms. The normalized spacial score (nSPS) is 8.81. The van der Waals surface area contributed by atoms with E-state index < -0.39 is 0 Å². The van der Waals surface area contributed by atoms with Gasteiger partial charge in [0.2, 0.25) is 0 Å². The average molecular weight is 379 g/mol. The Labute approximate surface area is 134 Å². The molecule has 0 atom stereocenters. The number of hydrogen-bond donors (Lipinski definition) is 0. The van der Waals surface area contributed by atoms with Crippen molar-refractivity contribution in [2.24, 2.45) is 0 Å². The summed E-state index contributed by atoms with van der Waals surface area (Å²) >= 11 is 0. The average Bonchev–Trinajstić information content (AvgIpc) is 2.57. The number of hydrogen-bond acceptors (Lipinski definition) is 0. The predicted molar refractivity (Wildman–Crippen MR) is 58.2 cm³/mol. The van der Waals surface area contributed by atoms with Crippen LogP contribution in [-0.2, 0) is 28.1 Å². The largest absolute Gasteiger partial charge is 3.00 e. The van der Waals surface area contributed by atoms with Gasteiger partial charge in [0, 0.05) is 0 Å². The molecule has 0 amide bonds. The molecule has 0 N–H and O–H groups in total. The van der Waals surface area contributed by atoms with Crippen LogP contribution in [0.3, 0.4) is 0 Å². The predicted octanol–water partition coefficient (Wildman–Crippen LogP) is -2.09. The van der Waals surface area contributed by atoms with Crippen molar-refractivity contribution in [1.82, 2.24) is 0 Å². The molecule has 0 saturated carbocycles. The second-order valence-corrected chi connectivity index (χ2v) is 3.60. The Hall–Kier alpha value is 0.504. The van der Waals surface area contributed by atoms with E-state index in [0.29, 0.717) is 0 Å². The summed E-state index contributed by atoms with van der Waals surface area (Å²) < 4.78 is 0. The number of fused-ring (bicyclic) bond motifs is 1. The van der Waals surface area contributed by atoms with Gasteiger partial charge in [-0.2, -0.15) is 6.07 Å². The topological polar surface area (TPSA) is 0 Å². The van der Waals surface area contributed by atoms with Gasteiger partial charge in [-0.15, -0.1) is 40.6 Å². The van der Waals surface area contributed by atoms with Crippen LogP contribution in [0.25, 0.3) is 10.8 Å². The van der Waals surface area contributed by atoms with Crippen molar-refractivity contribution in [3.63, 3.8) is 0 Å². The maximum atomic E-state index is 2.31. The Morgan fingerprint density at radius 3 is 2.44 bits per heavy atom. The van der Waals surface area contributed by atoms with Crippen LogP contribution in [0.2, 0.25) is 0 Å². The third-order valence-corrected chi connectivity index (χ3v) is 2.50. The zero-order valence-electron chi connectivity index (χ0n) is 9.34. The van der Waals surface area contributed by atoms with Gasteiger partial charge in [-0.3, -0.25) is 0 Å². The standard InChI is InChI=1S/C13H15.2BrH.Ti/c1-2-3-6-11-9-12-7-4-5-8-13(12)10-11;;;/h4-5,7-10H,2-3,6H2,1H3;2*1H;/q-1;;;+3/p-2. The minimum absolute atomic E-state index is 0. The second-order valence-electron chi connectivity index (χ2n) is 3.60. The molecule has 0 aliphatic rings. The van der Waals surface area contributed by atoms with Gasteiger partial charge in [0.15, 0.2) is 0 Å². The second kappa shape index (κ2) is 9.53. The number of halogens is 2. The Balaban J connectivity index is 0. The molecule has 0 nitrogen and oxygen atoms in total. The Bertz CT molecular complexity index is 362. The fourth-order valence-electron chi connectivity index (χ4n) is 1.74. The van der Waals surface area contributed by atoms with Crippen LogP contribution in [0.5, 0.6) is 0 Å². The first-order chi connectivity index (χ1) is 6.40. The van der Waals surface area contributed by atoms with Crippen molar-refractivity contribution in [3.8, 4) is 0 Å². The van der Waals surface area contributed by atoms with Crippen molar-refractivity contribution < 1.29 is 55.7 Å². The zero-order chi connectivity index (χ0) is 9.10. The molecule has 3 heteroatoms. The van der Waals surface area contributed by atoms with E-state index in [-0.39, 0.29) is 55.7 Å². The summed E-state index contributed by atoms with van der Waals surface area (Å²) in [6.45, 7) is 2.24. The van der Waals surface area contributed by atoms with E-state index in [9.17, 15) is 0 Å². The van der Waals surface area contributed by atoms with Gasteiger partial charge in [-0.1, -0.05) is 25.8 Å². The summed E-state index contributed by atoms with van der Waals surface area (Å²) in [5.74, 6) is 0. The van der Waals surface area contributed by atoms with E-state index >= 15 is 0 Å². The monoisotopic (exact) mass is 377 g/mol. The smallest absolute Gasteiger partial charge is 1.00 e. The molecule has 0 spiro atoms. The minimum Gasteiger partial charge on any atom is -1.00 e. The van der Waals surface area contributed by atoms with Crippen LogP contribution < -0.4 is 34.0 Å². The van der Waals surface area contributed by atoms with E-state index in [2.05, 4.69) is 43.3 Å². The van der Waals surface area contributed by atoms with E-state index in [4.69, 9.17) is 0 Å². The molecule has 0 aromatic heterocycles. The van der Waals surface area contributed by atoms with Gasteiger partial charge >= 0.3 is 21.7 Å². The van der Waals surface area contributed by atoms with E-state index in [1.54, 1.807) is 0 Å². The van der Waals surface area contributed by atoms with Gasteiger partial charge in [0.25, 0.3) is 0 Å². The first-order valence-corrected chi connectivity index (χ1v) is 5.04. The van der Waals surface area contributed by atoms with E-state index in [1.807, 2.05) is 0 Å². The van der Waals surface area contributed by atoms with E-state index in [0.717, 1.165) is 0 Å². The minimum atomic E-state index is 0. The fraction of sp³-hybridized carbons (Fsp3) is 0.308. The Morgan fingerprint density at radius 2 is 1.81 bits per heavy atom. The van der Waals surface area contributed by atoms with Crippen LogP contribution in [0, 0.1) is 0 Å². The van der Waals surface area contributed by atoms with Crippen molar-refractivity contribution in [2.45, 2.75) is 26.2 Å². The van der Waals surface area contributed by atoms with Crippen LogP contribution in [0.4, 0.5) is 0 Å². The summed E-state index contributed by atoms with van der Waals surface area (Å²) in [7, 11) is 0. The third-order valence-electron chi connectivity index (χ3n) is 2.50. The first-order valence-electron chi connectivity index (χ1n) is 5.04. The van der Waals surface area contributed by atoms with Gasteiger partial charge in [0.1, 0.15) is 0 Å². The van der Waals surface area contributed by atoms with Crippen LogP contribution in [-0.4, -0.2) is 0 Å². The summed E-state index contributed by atoms with van der Waals surface area (Å²) in [5.41, 5.74) is 1.49. The number of unbranched alkanes of at least 4 members (excludes halogenated alkanes) is 1. The fourth-order valence-corrected chi connectivity index (χ4v) is 1.74. The molecule has 0 saturated heterocycles. The molecule has 2 rings (SSSR count). The van der Waals surface area contributed by atoms with Gasteiger partial charge in [0.05, 0.1) is 0 Å². The molecule has 2 aromatic rings. The maximum Gasteiger partial charge on any atom is 3.00 e. The first kappa shape index (κ1) is 18.9. The van der Waals surface area contributed by atoms with Crippen LogP contribution >= 0.6 is 0 Å². The zero-order valence-corrected chi connectivity index (χ0v) is 14.1. The summed E-state index contributed by atoms with van der Waals surface area (Å²) in [6.07, 6.45) is 3.81. The molecule has 85 valence electrons. The summed E-state index contributed by atoms with van der Waals surface area (Å²) in [5, 5.41) is 2.77. The van der Waals surface area contributed by atoms with Gasteiger partial charge < -0.3 is 34.0 Å². The SMILES string of the molecule is CCCCc1cc2ccccc2[cH-]1.[Br-].[Br-].[Ti+3]. The maximum absolute atomic E-state index is 2.31. The quantitative estimate of drug-likeness (QED) is 0.424. The molecule has 0 bridgehead atoms. The Morgan fingerprint density at radius 1 is 1.12 bits per heavy atom. The van der Waals surface area contributed by atoms with Gasteiger partial charge in [-0.05, 0) is 6.42 Å². The third kappa shape index (κ3) is 4.79. The molecule has 0 aliphatic carbocycles. The molecule has 1 radical (unpaired) electrons. The number of aryl methyl sites for hydroxylation is 1. The van der Waals surface area contributed by atoms with Gasteiger partial charge in [-0.25, -0.2) is 0 Å². The van der Waals surface area contributed by atoms with Crippen molar-refractivity contribution in [1.29, 1.82) is 0 Å². The molecular formula is C13H15Br2Ti. The van der Waals surface area contributed by atoms with Crippen LogP contribution in [0.1, 0.15) is 25.3 Å². The van der Waals surface area contributed by atoms with Crippen LogP contribution in [0.15, 0.2) is 36.4 Å². The number of rotatable bonds is 3. The molecule has 0 heterocycles. The van der Waals surface area contributed by atoms with Crippen molar-refractivity contribution in [2.75, 3.05) is 0 Å². The van der Waals surface area contributed by atoms with Crippen molar-refractivity contribution >= 4 is 10.8 Å². The molecular weight excluding hydrogens is 364 g/mol. The van der Waals surface area contributed by atoms with E-state index in [1.165, 1.54) is 35.6 Å². The summed E-state index contributed by atoms with van der Waals surface area (Å²) in [4.78, 5) is 0. The Kier molecular flexibility index (Phi) is 11.2. The summed E-state index contributed by atoms with van der Waals surface area (Å²) in [6, 6.07) is 13.2. The number of benzene rings is 1. The molecule has 0 fully saturated rings.